The molecule has 0 saturated carbocycles. The highest BCUT2D eigenvalue weighted by atomic mass is 32.1. The van der Waals surface area contributed by atoms with E-state index in [0.717, 1.165) is 10.1 Å². The van der Waals surface area contributed by atoms with Crippen molar-refractivity contribution in [3.63, 3.8) is 0 Å². The summed E-state index contributed by atoms with van der Waals surface area (Å²) < 4.78 is 34.8. The van der Waals surface area contributed by atoms with Crippen molar-refractivity contribution in [1.82, 2.24) is 0 Å². The van der Waals surface area contributed by atoms with Crippen molar-refractivity contribution >= 4 is 27.2 Å². The summed E-state index contributed by atoms with van der Waals surface area (Å²) in [4.78, 5) is 13.5. The minimum absolute atomic E-state index is 0.0560. The lowest BCUT2D eigenvalue weighted by Crippen LogP contribution is -2.16. The van der Waals surface area contributed by atoms with E-state index >= 15 is 0 Å². The number of carbonyl (C=O) groups excluding carboxylic acids is 1. The predicted molar refractivity (Wildman–Crippen MR) is 109 cm³/mol. The van der Waals surface area contributed by atoms with Crippen LogP contribution < -0.4 is 4.74 Å². The Kier molecular flexibility index (Phi) is 5.24. The van der Waals surface area contributed by atoms with E-state index in [9.17, 15) is 13.6 Å². The van der Waals surface area contributed by atoms with E-state index in [0.29, 0.717) is 21.8 Å². The van der Waals surface area contributed by atoms with Crippen LogP contribution in [0.1, 0.15) is 27.2 Å². The number of rotatable bonds is 5. The fourth-order valence-electron chi connectivity index (χ4n) is 3.14. The molecule has 0 aliphatic heterocycles. The average Bonchev–Trinajstić information content (AvgIpc) is 3.11. The van der Waals surface area contributed by atoms with Gasteiger partial charge in [0.25, 0.3) is 0 Å². The monoisotopic (exact) mass is 407 g/mol. The number of ketones is 1. The summed E-state index contributed by atoms with van der Waals surface area (Å²) in [6.45, 7) is -0.272. The third-order valence-electron chi connectivity index (χ3n) is 4.70. The number of fused-ring (bicyclic) bond motifs is 1. The lowest BCUT2D eigenvalue weighted by Gasteiger charge is -2.16. The summed E-state index contributed by atoms with van der Waals surface area (Å²) in [5, 5.41) is 9.66. The van der Waals surface area contributed by atoms with Gasteiger partial charge in [-0.2, -0.15) is 5.26 Å². The summed E-state index contributed by atoms with van der Waals surface area (Å²) in [5.74, 6) is -0.578. The normalized spacial score (nSPS) is 16.1. The summed E-state index contributed by atoms with van der Waals surface area (Å²) in [6, 6.07) is 15.7. The number of hydrogen-bond donors (Lipinski definition) is 0. The Balaban J connectivity index is 1.72. The molecule has 1 aromatic heterocycles. The second-order valence-electron chi connectivity index (χ2n) is 6.54. The zero-order valence-corrected chi connectivity index (χ0v) is 16.0. The van der Waals surface area contributed by atoms with Gasteiger partial charge in [-0.25, -0.2) is 8.78 Å². The van der Waals surface area contributed by atoms with Crippen molar-refractivity contribution in [3.05, 3.63) is 88.1 Å². The molecule has 6 heteroatoms. The molecule has 3 nitrogen and oxygen atoms in total. The quantitative estimate of drug-likeness (QED) is 0.495. The maximum Gasteiger partial charge on any atom is 0.206 e. The van der Waals surface area contributed by atoms with Gasteiger partial charge in [-0.05, 0) is 42.5 Å². The maximum absolute atomic E-state index is 14.1. The van der Waals surface area contributed by atoms with Crippen LogP contribution in [0.2, 0.25) is 0 Å². The Morgan fingerprint density at radius 3 is 2.69 bits per heavy atom. The molecule has 0 N–H and O–H groups in total. The molecule has 1 atom stereocenters. The van der Waals surface area contributed by atoms with Gasteiger partial charge in [0.2, 0.25) is 5.78 Å². The predicted octanol–water partition coefficient (Wildman–Crippen LogP) is 5.90. The first-order valence-electron chi connectivity index (χ1n) is 8.97. The molecule has 2 aromatic carbocycles. The number of thiophene rings is 1. The average molecular weight is 407 g/mol. The van der Waals surface area contributed by atoms with E-state index in [-0.39, 0.29) is 24.4 Å². The van der Waals surface area contributed by atoms with E-state index in [4.69, 9.17) is 10.00 Å². The van der Waals surface area contributed by atoms with Crippen LogP contribution in [0.4, 0.5) is 8.78 Å². The zero-order chi connectivity index (χ0) is 20.4. The standard InChI is InChI=1S/C23H15F2NO2S/c24-18-5-3-6-19(25)17(18)13-28-22-16-4-1-2-7-20(16)29-23(22)21(27)15-10-8-14(12-26)9-11-15/h1-5,7-11,19H,6,13H2. The first kappa shape index (κ1) is 19.0. The molecule has 0 radical (unpaired) electrons. The Labute approximate surface area is 170 Å². The van der Waals surface area contributed by atoms with Crippen molar-refractivity contribution in [2.75, 3.05) is 6.61 Å². The molecule has 29 heavy (non-hydrogen) atoms. The number of carbonyl (C=O) groups is 1. The van der Waals surface area contributed by atoms with Crippen LogP contribution in [0.15, 0.2) is 72.1 Å². The van der Waals surface area contributed by atoms with Gasteiger partial charge in [-0.15, -0.1) is 11.3 Å². The molecule has 1 heterocycles. The molecule has 1 unspecified atom stereocenters. The number of benzene rings is 2. The molecule has 4 rings (SSSR count). The summed E-state index contributed by atoms with van der Waals surface area (Å²) in [7, 11) is 0. The van der Waals surface area contributed by atoms with Crippen molar-refractivity contribution in [1.29, 1.82) is 5.26 Å². The number of ether oxygens (including phenoxy) is 1. The van der Waals surface area contributed by atoms with E-state index in [2.05, 4.69) is 0 Å². The highest BCUT2D eigenvalue weighted by Gasteiger charge is 2.24. The van der Waals surface area contributed by atoms with E-state index < -0.39 is 12.0 Å². The third kappa shape index (κ3) is 3.69. The number of halogens is 2. The molecule has 0 amide bonds. The number of allylic oxidation sites excluding steroid dienone is 3. The van der Waals surface area contributed by atoms with Gasteiger partial charge in [-0.1, -0.05) is 18.2 Å². The van der Waals surface area contributed by atoms with Gasteiger partial charge in [0.05, 0.1) is 11.6 Å². The molecule has 1 aliphatic carbocycles. The van der Waals surface area contributed by atoms with E-state index in [1.807, 2.05) is 30.3 Å². The number of nitrogens with zero attached hydrogens (tertiary/aromatic N) is 1. The van der Waals surface area contributed by atoms with Crippen LogP contribution in [0.3, 0.4) is 0 Å². The van der Waals surface area contributed by atoms with Crippen LogP contribution in [0.5, 0.6) is 5.75 Å². The molecular formula is C23H15F2NO2S. The minimum atomic E-state index is -1.44. The molecule has 0 bridgehead atoms. The smallest absolute Gasteiger partial charge is 0.206 e. The fourth-order valence-corrected chi connectivity index (χ4v) is 4.25. The fraction of sp³-hybridized carbons (Fsp3) is 0.130. The minimum Gasteiger partial charge on any atom is -0.487 e. The summed E-state index contributed by atoms with van der Waals surface area (Å²) in [6.07, 6.45) is 1.35. The lowest BCUT2D eigenvalue weighted by atomic mass is 10.0. The summed E-state index contributed by atoms with van der Waals surface area (Å²) in [5.41, 5.74) is 0.811. The van der Waals surface area contributed by atoms with Gasteiger partial charge in [0, 0.05) is 27.6 Å². The highest BCUT2D eigenvalue weighted by molar-refractivity contribution is 7.21. The second-order valence-corrected chi connectivity index (χ2v) is 7.59. The topological polar surface area (TPSA) is 50.1 Å². The van der Waals surface area contributed by atoms with Crippen molar-refractivity contribution in [2.45, 2.75) is 12.6 Å². The van der Waals surface area contributed by atoms with Crippen LogP contribution in [-0.2, 0) is 0 Å². The van der Waals surface area contributed by atoms with E-state index in [1.54, 1.807) is 24.3 Å². The molecular weight excluding hydrogens is 392 g/mol. The van der Waals surface area contributed by atoms with Crippen LogP contribution in [-0.4, -0.2) is 18.6 Å². The molecule has 3 aromatic rings. The molecule has 0 saturated heterocycles. The largest absolute Gasteiger partial charge is 0.487 e. The first-order valence-corrected chi connectivity index (χ1v) is 9.78. The van der Waals surface area contributed by atoms with Gasteiger partial charge in [-0.3, -0.25) is 4.79 Å². The Morgan fingerprint density at radius 1 is 1.21 bits per heavy atom. The second kappa shape index (κ2) is 7.98. The van der Waals surface area contributed by atoms with Gasteiger partial charge in [0.1, 0.15) is 29.2 Å². The SMILES string of the molecule is N#Cc1ccc(C(=O)c2sc3ccccc3c2OCC2=C(F)C=CCC2F)cc1. The van der Waals surface area contributed by atoms with Crippen molar-refractivity contribution < 1.29 is 18.3 Å². The highest BCUT2D eigenvalue weighted by Crippen LogP contribution is 2.39. The van der Waals surface area contributed by atoms with Crippen LogP contribution in [0, 0.1) is 11.3 Å². The van der Waals surface area contributed by atoms with Gasteiger partial charge < -0.3 is 4.74 Å². The molecule has 144 valence electrons. The Bertz CT molecular complexity index is 1190. The van der Waals surface area contributed by atoms with Crippen LogP contribution in [0.25, 0.3) is 10.1 Å². The van der Waals surface area contributed by atoms with Crippen molar-refractivity contribution in [3.8, 4) is 11.8 Å². The van der Waals surface area contributed by atoms with Crippen LogP contribution >= 0.6 is 11.3 Å². The van der Waals surface area contributed by atoms with Crippen molar-refractivity contribution in [2.24, 2.45) is 0 Å². The summed E-state index contributed by atoms with van der Waals surface area (Å²) >= 11 is 1.27. The molecule has 1 aliphatic rings. The van der Waals surface area contributed by atoms with Gasteiger partial charge >= 0.3 is 0 Å². The number of nitriles is 1. The Hall–Kier alpha value is -3.30. The molecule has 0 spiro atoms. The van der Waals surface area contributed by atoms with Gasteiger partial charge in [0.15, 0.2) is 0 Å². The zero-order valence-electron chi connectivity index (χ0n) is 15.2. The van der Waals surface area contributed by atoms with E-state index in [1.165, 1.54) is 23.5 Å². The maximum atomic E-state index is 14.1. The lowest BCUT2D eigenvalue weighted by molar-refractivity contribution is 0.103. The first-order chi connectivity index (χ1) is 14.1. The third-order valence-corrected chi connectivity index (χ3v) is 5.85. The number of alkyl halides is 1. The Morgan fingerprint density at radius 2 is 1.97 bits per heavy atom. The number of hydrogen-bond acceptors (Lipinski definition) is 4. The molecule has 0 fully saturated rings.